The van der Waals surface area contributed by atoms with E-state index in [1.165, 1.54) is 5.56 Å². The summed E-state index contributed by atoms with van der Waals surface area (Å²) in [5, 5.41) is 3.04. The first kappa shape index (κ1) is 29.3. The lowest BCUT2D eigenvalue weighted by Crippen LogP contribution is -2.51. The zero-order chi connectivity index (χ0) is 28.2. The van der Waals surface area contributed by atoms with Gasteiger partial charge in [-0.05, 0) is 73.5 Å². The van der Waals surface area contributed by atoms with Crippen molar-refractivity contribution in [3.05, 3.63) is 108 Å². The Labute approximate surface area is 239 Å². The molecule has 40 heavy (non-hydrogen) atoms. The van der Waals surface area contributed by atoms with Gasteiger partial charge in [0.05, 0.1) is 0 Å². The van der Waals surface area contributed by atoms with Crippen LogP contribution in [0.4, 0.5) is 0 Å². The first-order chi connectivity index (χ1) is 19.6. The smallest absolute Gasteiger partial charge is 0.251 e. The molecule has 0 radical (unpaired) electrons. The number of nitrogens with two attached hydrogens (primary N) is 1. The normalized spacial score (nSPS) is 17.7. The summed E-state index contributed by atoms with van der Waals surface area (Å²) in [6.45, 7) is 11.0. The molecule has 7 heteroatoms. The van der Waals surface area contributed by atoms with E-state index in [-0.39, 0.29) is 11.8 Å². The number of hydrogen-bond donors (Lipinski definition) is 2. The predicted octanol–water partition coefficient (Wildman–Crippen LogP) is 3.60. The molecular weight excluding hydrogens is 498 g/mol. The van der Waals surface area contributed by atoms with Gasteiger partial charge >= 0.3 is 0 Å². The predicted molar refractivity (Wildman–Crippen MR) is 162 cm³/mol. The molecule has 2 aliphatic heterocycles. The standard InChI is InChI=1S/C33H43N5O2/c1-2-7-28(12-16-34)25-36-18-14-30(15-19-36)33(40)38-22-20-37(21-23-38)26-29-10-6-11-31(24-29)32(39)35-17-13-27-8-4-3-5-9-27/h2-12,16,24,30H,1,13-15,17-23,25-26,34H2,(H,35,39)/b16-12-,28-7+. The largest absolute Gasteiger partial charge is 0.405 e. The molecule has 2 aromatic rings. The third-order valence-electron chi connectivity index (χ3n) is 7.81. The second kappa shape index (κ2) is 15.2. The van der Waals surface area contributed by atoms with Crippen molar-refractivity contribution in [2.24, 2.45) is 11.7 Å². The number of nitrogens with zero attached hydrogens (tertiary/aromatic N) is 3. The second-order valence-electron chi connectivity index (χ2n) is 10.7. The number of rotatable bonds is 11. The molecule has 2 fully saturated rings. The van der Waals surface area contributed by atoms with Gasteiger partial charge in [0, 0.05) is 57.3 Å². The monoisotopic (exact) mass is 541 g/mol. The highest BCUT2D eigenvalue weighted by molar-refractivity contribution is 5.94. The van der Waals surface area contributed by atoms with Crippen molar-refractivity contribution in [1.29, 1.82) is 0 Å². The molecule has 0 aromatic heterocycles. The molecule has 2 amide bonds. The minimum Gasteiger partial charge on any atom is -0.405 e. The summed E-state index contributed by atoms with van der Waals surface area (Å²) in [7, 11) is 0. The lowest BCUT2D eigenvalue weighted by molar-refractivity contribution is -0.138. The Hall–Kier alpha value is -3.68. The van der Waals surface area contributed by atoms with Crippen LogP contribution in [0.25, 0.3) is 0 Å². The van der Waals surface area contributed by atoms with Crippen LogP contribution in [0.3, 0.4) is 0 Å². The van der Waals surface area contributed by atoms with Gasteiger partial charge in [-0.3, -0.25) is 19.4 Å². The minimum atomic E-state index is -0.0389. The van der Waals surface area contributed by atoms with Crippen LogP contribution in [-0.2, 0) is 17.8 Å². The minimum absolute atomic E-state index is 0.0389. The average Bonchev–Trinajstić information content (AvgIpc) is 2.98. The van der Waals surface area contributed by atoms with E-state index in [1.807, 2.05) is 53.5 Å². The van der Waals surface area contributed by atoms with Gasteiger partial charge < -0.3 is 16.0 Å². The van der Waals surface area contributed by atoms with E-state index in [4.69, 9.17) is 5.73 Å². The number of carbonyl (C=O) groups is 2. The van der Waals surface area contributed by atoms with E-state index < -0.39 is 0 Å². The van der Waals surface area contributed by atoms with Gasteiger partial charge in [-0.25, -0.2) is 0 Å². The molecule has 0 atom stereocenters. The number of amides is 2. The van der Waals surface area contributed by atoms with Crippen molar-refractivity contribution >= 4 is 11.8 Å². The Balaban J connectivity index is 1.19. The molecule has 4 rings (SSSR count). The van der Waals surface area contributed by atoms with Crippen molar-refractivity contribution in [3.63, 3.8) is 0 Å². The van der Waals surface area contributed by atoms with Crippen LogP contribution in [-0.4, -0.2) is 78.9 Å². The molecule has 7 nitrogen and oxygen atoms in total. The number of carbonyl (C=O) groups excluding carboxylic acids is 2. The van der Waals surface area contributed by atoms with Crippen LogP contribution in [0.5, 0.6) is 0 Å². The molecule has 2 heterocycles. The van der Waals surface area contributed by atoms with Crippen LogP contribution in [0, 0.1) is 5.92 Å². The number of benzene rings is 2. The third kappa shape index (κ3) is 8.66. The molecule has 212 valence electrons. The summed E-state index contributed by atoms with van der Waals surface area (Å²) in [6, 6.07) is 18.1. The maximum atomic E-state index is 13.2. The highest BCUT2D eigenvalue weighted by Crippen LogP contribution is 2.22. The molecule has 2 saturated heterocycles. The van der Waals surface area contributed by atoms with Gasteiger partial charge in [0.2, 0.25) is 5.91 Å². The lowest BCUT2D eigenvalue weighted by Gasteiger charge is -2.38. The lowest BCUT2D eigenvalue weighted by atomic mass is 9.94. The van der Waals surface area contributed by atoms with Crippen molar-refractivity contribution in [3.8, 4) is 0 Å². The van der Waals surface area contributed by atoms with E-state index in [1.54, 1.807) is 12.3 Å². The average molecular weight is 542 g/mol. The van der Waals surface area contributed by atoms with E-state index in [2.05, 4.69) is 39.9 Å². The third-order valence-corrected chi connectivity index (χ3v) is 7.81. The zero-order valence-electron chi connectivity index (χ0n) is 23.5. The number of hydrogen-bond acceptors (Lipinski definition) is 5. The fraction of sp³-hybridized carbons (Fsp3) is 0.394. The van der Waals surface area contributed by atoms with E-state index in [0.717, 1.165) is 82.8 Å². The maximum absolute atomic E-state index is 13.2. The summed E-state index contributed by atoms with van der Waals surface area (Å²) in [4.78, 5) is 32.7. The number of piperazine rings is 1. The first-order valence-electron chi connectivity index (χ1n) is 14.4. The van der Waals surface area contributed by atoms with Crippen LogP contribution in [0.1, 0.15) is 34.3 Å². The quantitative estimate of drug-likeness (QED) is 0.425. The van der Waals surface area contributed by atoms with E-state index in [9.17, 15) is 9.59 Å². The Kier molecular flexibility index (Phi) is 11.1. The van der Waals surface area contributed by atoms with Crippen molar-refractivity contribution in [2.45, 2.75) is 25.8 Å². The fourth-order valence-corrected chi connectivity index (χ4v) is 5.55. The molecule has 0 spiro atoms. The fourth-order valence-electron chi connectivity index (χ4n) is 5.55. The molecule has 3 N–H and O–H groups in total. The van der Waals surface area contributed by atoms with Gasteiger partial charge in [-0.15, -0.1) is 0 Å². The highest BCUT2D eigenvalue weighted by atomic mass is 16.2. The second-order valence-corrected chi connectivity index (χ2v) is 10.7. The summed E-state index contributed by atoms with van der Waals surface area (Å²) in [5.74, 6) is 0.372. The molecule has 0 bridgehead atoms. The van der Waals surface area contributed by atoms with Crippen molar-refractivity contribution in [1.82, 2.24) is 20.0 Å². The van der Waals surface area contributed by atoms with E-state index in [0.29, 0.717) is 18.0 Å². The van der Waals surface area contributed by atoms with Gasteiger partial charge in [0.1, 0.15) is 0 Å². The molecule has 2 aliphatic rings. The van der Waals surface area contributed by atoms with Crippen LogP contribution in [0.15, 0.2) is 91.2 Å². The van der Waals surface area contributed by atoms with Gasteiger partial charge in [-0.2, -0.15) is 0 Å². The number of piperidine rings is 1. The SMILES string of the molecule is C=C/C=C(\C=C/N)CN1CCC(C(=O)N2CCN(Cc3cccc(C(=O)NCCc4ccccc4)c3)CC2)CC1. The molecule has 0 saturated carbocycles. The number of nitrogens with one attached hydrogen (secondary N) is 1. The van der Waals surface area contributed by atoms with Gasteiger partial charge in [-0.1, -0.05) is 61.2 Å². The Bertz CT molecular complexity index is 1180. The zero-order valence-corrected chi connectivity index (χ0v) is 23.5. The summed E-state index contributed by atoms with van der Waals surface area (Å²) < 4.78 is 0. The summed E-state index contributed by atoms with van der Waals surface area (Å²) in [5.41, 5.74) is 9.73. The Morgan fingerprint density at radius 1 is 0.925 bits per heavy atom. The van der Waals surface area contributed by atoms with Crippen LogP contribution in [0.2, 0.25) is 0 Å². The summed E-state index contributed by atoms with van der Waals surface area (Å²) in [6.07, 6.45) is 9.85. The Morgan fingerprint density at radius 2 is 1.65 bits per heavy atom. The van der Waals surface area contributed by atoms with Gasteiger partial charge in [0.15, 0.2) is 0 Å². The Morgan fingerprint density at radius 3 is 2.35 bits per heavy atom. The maximum Gasteiger partial charge on any atom is 0.251 e. The molecular formula is C33H43N5O2. The van der Waals surface area contributed by atoms with Crippen molar-refractivity contribution in [2.75, 3.05) is 52.4 Å². The van der Waals surface area contributed by atoms with E-state index >= 15 is 0 Å². The van der Waals surface area contributed by atoms with Crippen molar-refractivity contribution < 1.29 is 9.59 Å². The molecule has 2 aromatic carbocycles. The van der Waals surface area contributed by atoms with Crippen LogP contribution >= 0.6 is 0 Å². The number of likely N-dealkylation sites (tertiary alicyclic amines) is 1. The highest BCUT2D eigenvalue weighted by Gasteiger charge is 2.30. The topological polar surface area (TPSA) is 81.9 Å². The summed E-state index contributed by atoms with van der Waals surface area (Å²) >= 11 is 0. The first-order valence-corrected chi connectivity index (χ1v) is 14.4. The number of allylic oxidation sites excluding steroid dienone is 2. The molecule has 0 aliphatic carbocycles. The van der Waals surface area contributed by atoms with Crippen LogP contribution < -0.4 is 11.1 Å². The molecule has 0 unspecified atom stereocenters. The van der Waals surface area contributed by atoms with Gasteiger partial charge in [0.25, 0.3) is 5.91 Å².